The number of Topliss-reactive ketones (excluding diaryl/α,β-unsaturated/α-hetero) is 1. The maximum Gasteiger partial charge on any atom is 0.139 e. The quantitative estimate of drug-likeness (QED) is 0.649. The maximum atomic E-state index is 11.9. The number of ketones is 1. The molecule has 0 N–H and O–H groups in total. The first-order valence-electron chi connectivity index (χ1n) is 5.83. The van der Waals surface area contributed by atoms with E-state index in [-0.39, 0.29) is 0 Å². The molecule has 0 aliphatic heterocycles. The predicted molar refractivity (Wildman–Crippen MR) is 55.7 cm³/mol. The van der Waals surface area contributed by atoms with E-state index in [0.717, 1.165) is 38.5 Å². The summed E-state index contributed by atoms with van der Waals surface area (Å²) >= 11 is 0. The number of carbonyl (C=O) groups is 1. The molecule has 1 heteroatoms. The summed E-state index contributed by atoms with van der Waals surface area (Å²) < 4.78 is 0. The van der Waals surface area contributed by atoms with Gasteiger partial charge in [0.1, 0.15) is 5.78 Å². The van der Waals surface area contributed by atoms with E-state index in [1.54, 1.807) is 0 Å². The Morgan fingerprint density at radius 3 is 1.92 bits per heavy atom. The zero-order chi connectivity index (χ0) is 9.68. The van der Waals surface area contributed by atoms with Crippen molar-refractivity contribution in [2.24, 2.45) is 11.8 Å². The molecule has 0 bridgehead atoms. The number of hydrogen-bond acceptors (Lipinski definition) is 1. The molecule has 1 aliphatic carbocycles. The fourth-order valence-electron chi connectivity index (χ4n) is 2.50. The Morgan fingerprint density at radius 2 is 1.54 bits per heavy atom. The van der Waals surface area contributed by atoms with Gasteiger partial charge in [-0.3, -0.25) is 4.79 Å². The molecule has 2 atom stereocenters. The number of carbonyl (C=O) groups excluding carboxylic acids is 1. The summed E-state index contributed by atoms with van der Waals surface area (Å²) in [4.78, 5) is 11.9. The van der Waals surface area contributed by atoms with E-state index < -0.39 is 0 Å². The van der Waals surface area contributed by atoms with Crippen LogP contribution in [0.3, 0.4) is 0 Å². The first kappa shape index (κ1) is 10.7. The SMILES string of the molecule is CCC[C@H]1CCC[C@H](CCC)C1=O. The molecule has 0 saturated heterocycles. The Labute approximate surface area is 81.9 Å². The smallest absolute Gasteiger partial charge is 0.139 e. The van der Waals surface area contributed by atoms with Crippen LogP contribution in [0.5, 0.6) is 0 Å². The lowest BCUT2D eigenvalue weighted by atomic mass is 9.76. The fourth-order valence-corrected chi connectivity index (χ4v) is 2.50. The first-order valence-corrected chi connectivity index (χ1v) is 5.83. The van der Waals surface area contributed by atoms with E-state index >= 15 is 0 Å². The largest absolute Gasteiger partial charge is 0.299 e. The van der Waals surface area contributed by atoms with Crippen LogP contribution in [0.15, 0.2) is 0 Å². The van der Waals surface area contributed by atoms with Gasteiger partial charge >= 0.3 is 0 Å². The number of rotatable bonds is 4. The van der Waals surface area contributed by atoms with Crippen LogP contribution in [-0.2, 0) is 4.79 Å². The highest BCUT2D eigenvalue weighted by molar-refractivity contribution is 5.84. The summed E-state index contributed by atoms with van der Waals surface area (Å²) in [6.45, 7) is 4.35. The van der Waals surface area contributed by atoms with Crippen molar-refractivity contribution in [2.75, 3.05) is 0 Å². The summed E-state index contributed by atoms with van der Waals surface area (Å²) in [5.41, 5.74) is 0. The summed E-state index contributed by atoms with van der Waals surface area (Å²) in [7, 11) is 0. The zero-order valence-electron chi connectivity index (χ0n) is 9.01. The molecule has 0 radical (unpaired) electrons. The van der Waals surface area contributed by atoms with E-state index in [9.17, 15) is 4.79 Å². The lowest BCUT2D eigenvalue weighted by molar-refractivity contribution is -0.129. The minimum Gasteiger partial charge on any atom is -0.299 e. The third kappa shape index (κ3) is 2.82. The highest BCUT2D eigenvalue weighted by atomic mass is 16.1. The molecular formula is C12H22O. The Hall–Kier alpha value is -0.330. The Bertz CT molecular complexity index is 143. The first-order chi connectivity index (χ1) is 6.29. The van der Waals surface area contributed by atoms with Crippen molar-refractivity contribution in [3.05, 3.63) is 0 Å². The second-order valence-corrected chi connectivity index (χ2v) is 4.30. The molecule has 0 amide bonds. The topological polar surface area (TPSA) is 17.1 Å². The van der Waals surface area contributed by atoms with Crippen LogP contribution in [0.1, 0.15) is 58.8 Å². The van der Waals surface area contributed by atoms with Crippen LogP contribution in [0.2, 0.25) is 0 Å². The molecule has 0 heterocycles. The standard InChI is InChI=1S/C12H22O/c1-3-6-10-8-5-9-11(7-4-2)12(10)13/h10-11H,3-9H2,1-2H3/t10-,11-/m0/s1. The van der Waals surface area contributed by atoms with Crippen molar-refractivity contribution in [3.8, 4) is 0 Å². The fraction of sp³-hybridized carbons (Fsp3) is 0.917. The van der Waals surface area contributed by atoms with Crippen LogP contribution in [-0.4, -0.2) is 5.78 Å². The minimum atomic E-state index is 0.412. The van der Waals surface area contributed by atoms with Crippen molar-refractivity contribution in [2.45, 2.75) is 58.8 Å². The Kier molecular flexibility index (Phi) is 4.47. The monoisotopic (exact) mass is 182 g/mol. The molecule has 0 unspecified atom stereocenters. The van der Waals surface area contributed by atoms with Gasteiger partial charge in [0.05, 0.1) is 0 Å². The van der Waals surface area contributed by atoms with E-state index in [1.165, 1.54) is 6.42 Å². The highest BCUT2D eigenvalue weighted by Crippen LogP contribution is 2.31. The summed E-state index contributed by atoms with van der Waals surface area (Å²) in [5, 5.41) is 0. The molecular weight excluding hydrogens is 160 g/mol. The molecule has 0 aromatic carbocycles. The molecule has 0 aromatic rings. The van der Waals surface area contributed by atoms with Gasteiger partial charge < -0.3 is 0 Å². The van der Waals surface area contributed by atoms with E-state index in [4.69, 9.17) is 0 Å². The average Bonchev–Trinajstić information content (AvgIpc) is 2.13. The van der Waals surface area contributed by atoms with Crippen molar-refractivity contribution < 1.29 is 4.79 Å². The average molecular weight is 182 g/mol. The van der Waals surface area contributed by atoms with Crippen LogP contribution in [0, 0.1) is 11.8 Å². The van der Waals surface area contributed by atoms with E-state index in [0.29, 0.717) is 17.6 Å². The molecule has 1 saturated carbocycles. The van der Waals surface area contributed by atoms with Gasteiger partial charge in [-0.25, -0.2) is 0 Å². The second kappa shape index (κ2) is 5.41. The molecule has 1 fully saturated rings. The molecule has 76 valence electrons. The molecule has 1 rings (SSSR count). The molecule has 0 spiro atoms. The van der Waals surface area contributed by atoms with Gasteiger partial charge in [-0.2, -0.15) is 0 Å². The third-order valence-corrected chi connectivity index (χ3v) is 3.18. The van der Waals surface area contributed by atoms with Gasteiger partial charge in [0.25, 0.3) is 0 Å². The number of hydrogen-bond donors (Lipinski definition) is 0. The van der Waals surface area contributed by atoms with Crippen molar-refractivity contribution in [1.29, 1.82) is 0 Å². The van der Waals surface area contributed by atoms with Crippen molar-refractivity contribution in [1.82, 2.24) is 0 Å². The summed E-state index contributed by atoms with van der Waals surface area (Å²) in [6.07, 6.45) is 8.17. The molecule has 0 aromatic heterocycles. The summed E-state index contributed by atoms with van der Waals surface area (Å²) in [6, 6.07) is 0. The van der Waals surface area contributed by atoms with Crippen molar-refractivity contribution >= 4 is 5.78 Å². The minimum absolute atomic E-state index is 0.412. The van der Waals surface area contributed by atoms with Gasteiger partial charge in [0.2, 0.25) is 0 Å². The van der Waals surface area contributed by atoms with E-state index in [2.05, 4.69) is 13.8 Å². The van der Waals surface area contributed by atoms with E-state index in [1.807, 2.05) is 0 Å². The van der Waals surface area contributed by atoms with Gasteiger partial charge in [-0.05, 0) is 25.7 Å². The zero-order valence-corrected chi connectivity index (χ0v) is 9.01. The van der Waals surface area contributed by atoms with Crippen LogP contribution in [0.25, 0.3) is 0 Å². The molecule has 13 heavy (non-hydrogen) atoms. The van der Waals surface area contributed by atoms with Gasteiger partial charge in [-0.15, -0.1) is 0 Å². The molecule has 1 nitrogen and oxygen atoms in total. The lowest BCUT2D eigenvalue weighted by Crippen LogP contribution is -2.28. The summed E-state index contributed by atoms with van der Waals surface area (Å²) in [5.74, 6) is 1.40. The molecule has 1 aliphatic rings. The van der Waals surface area contributed by atoms with Crippen LogP contribution in [0.4, 0.5) is 0 Å². The third-order valence-electron chi connectivity index (χ3n) is 3.18. The maximum absolute atomic E-state index is 11.9. The normalized spacial score (nSPS) is 29.2. The van der Waals surface area contributed by atoms with Gasteiger partial charge in [0, 0.05) is 11.8 Å². The van der Waals surface area contributed by atoms with Gasteiger partial charge in [0.15, 0.2) is 0 Å². The highest BCUT2D eigenvalue weighted by Gasteiger charge is 2.29. The lowest BCUT2D eigenvalue weighted by Gasteiger charge is -2.27. The Morgan fingerprint density at radius 1 is 1.08 bits per heavy atom. The van der Waals surface area contributed by atoms with Gasteiger partial charge in [-0.1, -0.05) is 33.1 Å². The Balaban J connectivity index is 2.45. The predicted octanol–water partition coefficient (Wildman–Crippen LogP) is 3.57. The second-order valence-electron chi connectivity index (χ2n) is 4.30. The van der Waals surface area contributed by atoms with Crippen LogP contribution >= 0.6 is 0 Å². The van der Waals surface area contributed by atoms with Crippen molar-refractivity contribution in [3.63, 3.8) is 0 Å². The van der Waals surface area contributed by atoms with Crippen LogP contribution < -0.4 is 0 Å².